The minimum Gasteiger partial charge on any atom is -0.487 e. The Balaban J connectivity index is 0.932. The van der Waals surface area contributed by atoms with E-state index in [0.717, 1.165) is 39.2 Å². The summed E-state index contributed by atoms with van der Waals surface area (Å²) < 4.78 is 35.5. The van der Waals surface area contributed by atoms with Gasteiger partial charge in [-0.15, -0.1) is 0 Å². The van der Waals surface area contributed by atoms with Crippen molar-refractivity contribution in [2.75, 3.05) is 62.8 Å². The molecule has 0 saturated carbocycles. The Morgan fingerprint density at radius 2 is 1.72 bits per heavy atom. The summed E-state index contributed by atoms with van der Waals surface area (Å²) in [5.41, 5.74) is 5.30. The summed E-state index contributed by atoms with van der Waals surface area (Å²) in [5, 5.41) is 0. The van der Waals surface area contributed by atoms with Crippen molar-refractivity contribution < 1.29 is 37.7 Å². The molecule has 280 valence electrons. The number of aromatic nitrogens is 1. The zero-order valence-corrected chi connectivity index (χ0v) is 30.3. The standard InChI is InChI=1S/C42H44N4O8/c1-49-21-7-19-46-36-22-30(12-17-38(36)51-28-40(46)47)27-50-39-25-44(42(48)52-26-29-8-3-2-4-9-29)20-18-34(39)31-13-15-32(16-14-31)53-33-23-45(24-33)41-43-35-10-5-6-11-37(35)54-41/h2-6,8-17,22,33-34,39H,7,18-21,23-28H2,1H3. The number of hydrogen-bond acceptors (Lipinski definition) is 10. The van der Waals surface area contributed by atoms with Gasteiger partial charge in [0.1, 0.15) is 29.7 Å². The minimum atomic E-state index is -0.363. The van der Waals surface area contributed by atoms with Crippen molar-refractivity contribution >= 4 is 34.8 Å². The van der Waals surface area contributed by atoms with E-state index in [-0.39, 0.29) is 43.3 Å². The van der Waals surface area contributed by atoms with Crippen molar-refractivity contribution in [3.63, 3.8) is 0 Å². The molecule has 3 aliphatic heterocycles. The highest BCUT2D eigenvalue weighted by Gasteiger charge is 2.35. The van der Waals surface area contributed by atoms with Crippen molar-refractivity contribution in [2.24, 2.45) is 0 Å². The number of carbonyl (C=O) groups is 2. The zero-order chi connectivity index (χ0) is 36.9. The maximum absolute atomic E-state index is 13.3. The van der Waals surface area contributed by atoms with Crippen molar-refractivity contribution in [2.45, 2.75) is 44.2 Å². The van der Waals surface area contributed by atoms with Crippen LogP contribution in [0.2, 0.25) is 0 Å². The number of nitrogens with zero attached hydrogens (tertiary/aromatic N) is 4. The molecular formula is C42H44N4O8. The van der Waals surface area contributed by atoms with E-state index in [4.69, 9.17) is 28.1 Å². The number of fused-ring (bicyclic) bond motifs is 2. The van der Waals surface area contributed by atoms with Gasteiger partial charge in [0.05, 0.1) is 38.0 Å². The van der Waals surface area contributed by atoms with E-state index in [9.17, 15) is 9.59 Å². The lowest BCUT2D eigenvalue weighted by atomic mass is 9.87. The summed E-state index contributed by atoms with van der Waals surface area (Å²) in [6.07, 6.45) is 0.773. The first kappa shape index (κ1) is 35.4. The summed E-state index contributed by atoms with van der Waals surface area (Å²) in [6.45, 7) is 3.91. The van der Waals surface area contributed by atoms with E-state index in [1.54, 1.807) is 16.9 Å². The highest BCUT2D eigenvalue weighted by atomic mass is 16.6. The molecule has 0 spiro atoms. The Hall–Kier alpha value is -5.59. The average Bonchev–Trinajstić information content (AvgIpc) is 3.62. The van der Waals surface area contributed by atoms with Crippen LogP contribution in [-0.4, -0.2) is 87.1 Å². The topological polar surface area (TPSA) is 116 Å². The number of likely N-dealkylation sites (tertiary alicyclic amines) is 1. The van der Waals surface area contributed by atoms with Gasteiger partial charge in [0.15, 0.2) is 12.2 Å². The molecular weight excluding hydrogens is 688 g/mol. The first-order valence-electron chi connectivity index (χ1n) is 18.5. The number of rotatable bonds is 13. The van der Waals surface area contributed by atoms with Gasteiger partial charge in [-0.2, -0.15) is 4.98 Å². The number of piperidine rings is 1. The summed E-state index contributed by atoms with van der Waals surface area (Å²) in [5.74, 6) is 1.41. The number of methoxy groups -OCH3 is 1. The quantitative estimate of drug-likeness (QED) is 0.123. The molecule has 2 atom stereocenters. The van der Waals surface area contributed by atoms with Gasteiger partial charge in [-0.3, -0.25) is 4.79 Å². The minimum absolute atomic E-state index is 0.0126. The molecule has 0 bridgehead atoms. The fourth-order valence-corrected chi connectivity index (χ4v) is 7.25. The predicted molar refractivity (Wildman–Crippen MR) is 202 cm³/mol. The van der Waals surface area contributed by atoms with Crippen molar-refractivity contribution in [3.05, 3.63) is 114 Å². The Bertz CT molecular complexity index is 2020. The first-order chi connectivity index (χ1) is 26.5. The number of hydrogen-bond donors (Lipinski definition) is 0. The third-order valence-electron chi connectivity index (χ3n) is 10.2. The average molecular weight is 733 g/mol. The molecule has 8 rings (SSSR count). The molecule has 2 fully saturated rings. The van der Waals surface area contributed by atoms with Crippen LogP contribution < -0.4 is 19.3 Å². The molecule has 2 unspecified atom stereocenters. The van der Waals surface area contributed by atoms with E-state index >= 15 is 0 Å². The van der Waals surface area contributed by atoms with E-state index in [0.29, 0.717) is 70.5 Å². The molecule has 4 heterocycles. The number of para-hydroxylation sites is 2. The zero-order valence-electron chi connectivity index (χ0n) is 30.3. The molecule has 12 heteroatoms. The lowest BCUT2D eigenvalue weighted by molar-refractivity contribution is -0.121. The van der Waals surface area contributed by atoms with Crippen LogP contribution in [0.3, 0.4) is 0 Å². The van der Waals surface area contributed by atoms with E-state index in [1.807, 2.05) is 84.9 Å². The van der Waals surface area contributed by atoms with Crippen molar-refractivity contribution in [1.82, 2.24) is 9.88 Å². The fourth-order valence-electron chi connectivity index (χ4n) is 7.25. The van der Waals surface area contributed by atoms with Gasteiger partial charge in [0, 0.05) is 32.7 Å². The SMILES string of the molecule is COCCCN1C(=O)COc2ccc(COC3CN(C(=O)OCc4ccccc4)CCC3c3ccc(OC4CN(c5nc6ccccc6o5)C4)cc3)cc21. The van der Waals surface area contributed by atoms with Gasteiger partial charge in [-0.05, 0) is 65.9 Å². The highest BCUT2D eigenvalue weighted by molar-refractivity contribution is 5.97. The van der Waals surface area contributed by atoms with E-state index in [2.05, 4.69) is 22.0 Å². The van der Waals surface area contributed by atoms with Crippen LogP contribution in [0.15, 0.2) is 101 Å². The Morgan fingerprint density at radius 3 is 2.54 bits per heavy atom. The first-order valence-corrected chi connectivity index (χ1v) is 18.5. The van der Waals surface area contributed by atoms with Gasteiger partial charge in [-0.25, -0.2) is 4.79 Å². The predicted octanol–water partition coefficient (Wildman–Crippen LogP) is 6.57. The van der Waals surface area contributed by atoms with Gasteiger partial charge < -0.3 is 42.8 Å². The van der Waals surface area contributed by atoms with Crippen LogP contribution in [0.5, 0.6) is 11.5 Å². The molecule has 4 aromatic carbocycles. The molecule has 0 radical (unpaired) electrons. The summed E-state index contributed by atoms with van der Waals surface area (Å²) in [7, 11) is 1.65. The number of anilines is 2. The number of oxazole rings is 1. The molecule has 0 N–H and O–H groups in total. The second-order valence-corrected chi connectivity index (χ2v) is 13.9. The number of benzene rings is 4. The second-order valence-electron chi connectivity index (χ2n) is 13.9. The largest absolute Gasteiger partial charge is 0.487 e. The third kappa shape index (κ3) is 7.99. The van der Waals surface area contributed by atoms with Crippen molar-refractivity contribution in [1.29, 1.82) is 0 Å². The lowest BCUT2D eigenvalue weighted by Crippen LogP contribution is -2.54. The number of carbonyl (C=O) groups excluding carboxylic acids is 2. The van der Waals surface area contributed by atoms with Gasteiger partial charge in [-0.1, -0.05) is 60.7 Å². The van der Waals surface area contributed by atoms with Crippen molar-refractivity contribution in [3.8, 4) is 11.5 Å². The molecule has 3 aliphatic rings. The summed E-state index contributed by atoms with van der Waals surface area (Å²) in [6, 6.07) is 32.1. The van der Waals surface area contributed by atoms with Crippen LogP contribution in [0.4, 0.5) is 16.5 Å². The van der Waals surface area contributed by atoms with Gasteiger partial charge in [0.2, 0.25) is 0 Å². The highest BCUT2D eigenvalue weighted by Crippen LogP contribution is 2.36. The van der Waals surface area contributed by atoms with Crippen LogP contribution >= 0.6 is 0 Å². The van der Waals surface area contributed by atoms with Gasteiger partial charge in [0.25, 0.3) is 11.9 Å². The monoisotopic (exact) mass is 732 g/mol. The molecule has 12 nitrogen and oxygen atoms in total. The van der Waals surface area contributed by atoms with E-state index < -0.39 is 0 Å². The van der Waals surface area contributed by atoms with Crippen LogP contribution in [-0.2, 0) is 32.2 Å². The Morgan fingerprint density at radius 1 is 0.907 bits per heavy atom. The third-order valence-corrected chi connectivity index (χ3v) is 10.2. The number of amides is 2. The Kier molecular flexibility index (Phi) is 10.6. The summed E-state index contributed by atoms with van der Waals surface area (Å²) in [4.78, 5) is 36.2. The summed E-state index contributed by atoms with van der Waals surface area (Å²) >= 11 is 0. The van der Waals surface area contributed by atoms with Crippen LogP contribution in [0.25, 0.3) is 11.1 Å². The smallest absolute Gasteiger partial charge is 0.410 e. The second kappa shape index (κ2) is 16.2. The maximum atomic E-state index is 13.3. The lowest BCUT2D eigenvalue weighted by Gasteiger charge is -2.39. The maximum Gasteiger partial charge on any atom is 0.410 e. The molecule has 5 aromatic rings. The number of ether oxygens (including phenoxy) is 5. The van der Waals surface area contributed by atoms with Crippen LogP contribution in [0.1, 0.15) is 35.4 Å². The molecule has 0 aliphatic carbocycles. The Labute approximate surface area is 314 Å². The molecule has 54 heavy (non-hydrogen) atoms. The van der Waals surface area contributed by atoms with Gasteiger partial charge >= 0.3 is 6.09 Å². The fraction of sp³-hybridized carbons (Fsp3) is 0.357. The normalized spacial score (nSPS) is 18.6. The van der Waals surface area contributed by atoms with E-state index in [1.165, 1.54) is 0 Å². The molecule has 2 amide bonds. The molecule has 1 aromatic heterocycles. The molecule has 2 saturated heterocycles. The van der Waals surface area contributed by atoms with Crippen LogP contribution in [0, 0.1) is 0 Å².